The summed E-state index contributed by atoms with van der Waals surface area (Å²) in [7, 11) is -3.24. The topological polar surface area (TPSA) is 60.2 Å². The minimum atomic E-state index is -3.24. The molecule has 0 bridgehead atoms. The molecule has 16 heavy (non-hydrogen) atoms. The van der Waals surface area contributed by atoms with Crippen molar-refractivity contribution in [2.24, 2.45) is 5.73 Å². The molecule has 5 heteroatoms. The van der Waals surface area contributed by atoms with Gasteiger partial charge in [0.2, 0.25) is 0 Å². The standard InChI is InChI=1S/C11H16ClNO2S/c1-11(2,13)7-8-6-9(12)4-5-10(8)16(3,14)15/h4-6H,7,13H2,1-3H3. The van der Waals surface area contributed by atoms with Gasteiger partial charge in [-0.1, -0.05) is 11.6 Å². The maximum Gasteiger partial charge on any atom is 0.175 e. The van der Waals surface area contributed by atoms with Gasteiger partial charge in [0.1, 0.15) is 0 Å². The molecule has 0 spiro atoms. The molecule has 0 saturated heterocycles. The van der Waals surface area contributed by atoms with Crippen LogP contribution in [0.2, 0.25) is 5.02 Å². The number of sulfone groups is 1. The van der Waals surface area contributed by atoms with Crippen LogP contribution >= 0.6 is 11.6 Å². The Morgan fingerprint density at radius 3 is 2.38 bits per heavy atom. The summed E-state index contributed by atoms with van der Waals surface area (Å²) < 4.78 is 23.1. The van der Waals surface area contributed by atoms with Crippen molar-refractivity contribution in [3.05, 3.63) is 28.8 Å². The predicted octanol–water partition coefficient (Wildman–Crippen LogP) is 2.02. The Labute approximate surface area is 102 Å². The fraction of sp³-hybridized carbons (Fsp3) is 0.455. The third-order valence-corrected chi connectivity index (χ3v) is 3.50. The van der Waals surface area contributed by atoms with Crippen molar-refractivity contribution >= 4 is 21.4 Å². The lowest BCUT2D eigenvalue weighted by atomic mass is 9.96. The molecular weight excluding hydrogens is 246 g/mol. The smallest absolute Gasteiger partial charge is 0.175 e. The van der Waals surface area contributed by atoms with E-state index in [1.54, 1.807) is 12.1 Å². The molecule has 1 aromatic rings. The third-order valence-electron chi connectivity index (χ3n) is 2.07. The summed E-state index contributed by atoms with van der Waals surface area (Å²) in [5.41, 5.74) is 6.09. The molecule has 0 aliphatic heterocycles. The molecule has 0 amide bonds. The van der Waals surface area contributed by atoms with Crippen molar-refractivity contribution in [1.82, 2.24) is 0 Å². The van der Waals surface area contributed by atoms with Crippen molar-refractivity contribution in [1.29, 1.82) is 0 Å². The summed E-state index contributed by atoms with van der Waals surface area (Å²) in [5, 5.41) is 0.520. The number of rotatable bonds is 3. The van der Waals surface area contributed by atoms with Crippen LogP contribution in [0.5, 0.6) is 0 Å². The number of hydrogen-bond donors (Lipinski definition) is 1. The minimum absolute atomic E-state index is 0.301. The molecule has 0 aromatic heterocycles. The normalized spacial score (nSPS) is 12.8. The summed E-state index contributed by atoms with van der Waals surface area (Å²) in [5.74, 6) is 0. The summed E-state index contributed by atoms with van der Waals surface area (Å²) in [4.78, 5) is 0.301. The third kappa shape index (κ3) is 3.77. The van der Waals surface area contributed by atoms with Crippen LogP contribution in [-0.4, -0.2) is 20.2 Å². The van der Waals surface area contributed by atoms with Crippen LogP contribution in [0.1, 0.15) is 19.4 Å². The average Bonchev–Trinajstić information content (AvgIpc) is 1.97. The van der Waals surface area contributed by atoms with Gasteiger partial charge in [0.25, 0.3) is 0 Å². The van der Waals surface area contributed by atoms with Crippen LogP contribution in [-0.2, 0) is 16.3 Å². The average molecular weight is 262 g/mol. The fourth-order valence-electron chi connectivity index (χ4n) is 1.54. The molecule has 3 nitrogen and oxygen atoms in total. The highest BCUT2D eigenvalue weighted by atomic mass is 35.5. The Bertz CT molecular complexity index is 489. The van der Waals surface area contributed by atoms with Gasteiger partial charge in [-0.05, 0) is 44.0 Å². The van der Waals surface area contributed by atoms with E-state index in [0.29, 0.717) is 21.9 Å². The molecule has 0 fully saturated rings. The fourth-order valence-corrected chi connectivity index (χ4v) is 2.66. The number of halogens is 1. The van der Waals surface area contributed by atoms with E-state index in [1.165, 1.54) is 12.3 Å². The van der Waals surface area contributed by atoms with E-state index < -0.39 is 15.4 Å². The largest absolute Gasteiger partial charge is 0.325 e. The summed E-state index contributed by atoms with van der Waals surface area (Å²) in [6, 6.07) is 4.76. The van der Waals surface area contributed by atoms with Crippen molar-refractivity contribution < 1.29 is 8.42 Å². The first kappa shape index (κ1) is 13.5. The second-order valence-corrected chi connectivity index (χ2v) is 7.11. The Morgan fingerprint density at radius 1 is 1.38 bits per heavy atom. The van der Waals surface area contributed by atoms with Crippen LogP contribution in [0.4, 0.5) is 0 Å². The lowest BCUT2D eigenvalue weighted by Gasteiger charge is -2.20. The molecular formula is C11H16ClNO2S. The lowest BCUT2D eigenvalue weighted by Crippen LogP contribution is -2.34. The van der Waals surface area contributed by atoms with Gasteiger partial charge in [0.05, 0.1) is 4.90 Å². The van der Waals surface area contributed by atoms with Crippen LogP contribution in [0.25, 0.3) is 0 Å². The molecule has 0 aliphatic carbocycles. The van der Waals surface area contributed by atoms with E-state index in [4.69, 9.17) is 17.3 Å². The van der Waals surface area contributed by atoms with Crippen molar-refractivity contribution in [2.75, 3.05) is 6.26 Å². The molecule has 2 N–H and O–H groups in total. The minimum Gasteiger partial charge on any atom is -0.325 e. The summed E-state index contributed by atoms with van der Waals surface area (Å²) in [6.07, 6.45) is 1.65. The molecule has 0 aliphatic rings. The molecule has 1 aromatic carbocycles. The predicted molar refractivity (Wildman–Crippen MR) is 66.5 cm³/mol. The van der Waals surface area contributed by atoms with E-state index in [2.05, 4.69) is 0 Å². The quantitative estimate of drug-likeness (QED) is 0.906. The van der Waals surface area contributed by atoms with Crippen LogP contribution < -0.4 is 5.73 Å². The number of benzene rings is 1. The van der Waals surface area contributed by atoms with E-state index in [-0.39, 0.29) is 0 Å². The molecule has 0 radical (unpaired) electrons. The van der Waals surface area contributed by atoms with Gasteiger partial charge in [0.15, 0.2) is 9.84 Å². The van der Waals surface area contributed by atoms with Gasteiger partial charge >= 0.3 is 0 Å². The monoisotopic (exact) mass is 261 g/mol. The Morgan fingerprint density at radius 2 is 1.94 bits per heavy atom. The van der Waals surface area contributed by atoms with Gasteiger partial charge in [0, 0.05) is 16.8 Å². The molecule has 0 unspecified atom stereocenters. The first-order chi connectivity index (χ1) is 7.09. The molecule has 0 saturated carbocycles. The highest BCUT2D eigenvalue weighted by molar-refractivity contribution is 7.90. The van der Waals surface area contributed by atoms with Crippen LogP contribution in [0.15, 0.2) is 23.1 Å². The zero-order valence-electron chi connectivity index (χ0n) is 9.62. The first-order valence-electron chi connectivity index (χ1n) is 4.87. The van der Waals surface area contributed by atoms with Gasteiger partial charge in [-0.2, -0.15) is 0 Å². The van der Waals surface area contributed by atoms with E-state index in [1.807, 2.05) is 13.8 Å². The second kappa shape index (κ2) is 4.35. The SMILES string of the molecule is CC(C)(N)Cc1cc(Cl)ccc1S(C)(=O)=O. The van der Waals surface area contributed by atoms with E-state index in [9.17, 15) is 8.42 Å². The van der Waals surface area contributed by atoms with E-state index in [0.717, 1.165) is 0 Å². The maximum atomic E-state index is 11.6. The van der Waals surface area contributed by atoms with Crippen molar-refractivity contribution in [3.63, 3.8) is 0 Å². The lowest BCUT2D eigenvalue weighted by molar-refractivity contribution is 0.511. The summed E-state index contributed by atoms with van der Waals surface area (Å²) in [6.45, 7) is 3.69. The highest BCUT2D eigenvalue weighted by Crippen LogP contribution is 2.23. The summed E-state index contributed by atoms with van der Waals surface area (Å²) >= 11 is 5.86. The number of hydrogen-bond acceptors (Lipinski definition) is 3. The highest BCUT2D eigenvalue weighted by Gasteiger charge is 2.19. The Hall–Kier alpha value is -0.580. The number of nitrogens with two attached hydrogens (primary N) is 1. The Kier molecular flexibility index (Phi) is 3.67. The van der Waals surface area contributed by atoms with Gasteiger partial charge in [-0.3, -0.25) is 0 Å². The Balaban J connectivity index is 3.30. The first-order valence-corrected chi connectivity index (χ1v) is 7.14. The van der Waals surface area contributed by atoms with Crippen LogP contribution in [0, 0.1) is 0 Å². The molecule has 1 rings (SSSR count). The van der Waals surface area contributed by atoms with Crippen molar-refractivity contribution in [3.8, 4) is 0 Å². The van der Waals surface area contributed by atoms with Gasteiger partial charge < -0.3 is 5.73 Å². The second-order valence-electron chi connectivity index (χ2n) is 4.69. The molecule has 90 valence electrons. The zero-order chi connectivity index (χ0) is 12.6. The van der Waals surface area contributed by atoms with Crippen molar-refractivity contribution in [2.45, 2.75) is 30.7 Å². The molecule has 0 atom stereocenters. The maximum absolute atomic E-state index is 11.6. The van der Waals surface area contributed by atoms with Gasteiger partial charge in [-0.15, -0.1) is 0 Å². The zero-order valence-corrected chi connectivity index (χ0v) is 11.2. The van der Waals surface area contributed by atoms with Gasteiger partial charge in [-0.25, -0.2) is 8.42 Å². The van der Waals surface area contributed by atoms with Crippen LogP contribution in [0.3, 0.4) is 0 Å². The molecule has 0 heterocycles. The van der Waals surface area contributed by atoms with E-state index >= 15 is 0 Å².